The van der Waals surface area contributed by atoms with Crippen LogP contribution in [0.3, 0.4) is 0 Å². The van der Waals surface area contributed by atoms with Crippen LogP contribution in [0.25, 0.3) is 0 Å². The number of thioether (sulfide) groups is 1. The van der Waals surface area contributed by atoms with Gasteiger partial charge in [0.05, 0.1) is 5.56 Å². The van der Waals surface area contributed by atoms with E-state index in [-0.39, 0.29) is 23.7 Å². The Kier molecular flexibility index (Phi) is 4.72. The number of fused-ring (bicyclic) bond motifs is 2. The number of rotatable bonds is 3. The Morgan fingerprint density at radius 3 is 2.39 bits per heavy atom. The van der Waals surface area contributed by atoms with Crippen LogP contribution in [0.15, 0.2) is 18.2 Å². The van der Waals surface area contributed by atoms with Crippen molar-refractivity contribution in [2.24, 2.45) is 5.92 Å². The van der Waals surface area contributed by atoms with Gasteiger partial charge in [-0.1, -0.05) is 12.5 Å². The van der Waals surface area contributed by atoms with Crippen LogP contribution in [0.5, 0.6) is 0 Å². The fourth-order valence-corrected chi connectivity index (χ4v) is 5.36. The lowest BCUT2D eigenvalue weighted by molar-refractivity contribution is -0.137. The van der Waals surface area contributed by atoms with Crippen LogP contribution >= 0.6 is 11.8 Å². The van der Waals surface area contributed by atoms with Gasteiger partial charge in [0.1, 0.15) is 11.6 Å². The van der Waals surface area contributed by atoms with Crippen LogP contribution in [0.4, 0.5) is 17.6 Å². The minimum atomic E-state index is -4.57. The molecule has 2 saturated heterocycles. The molecule has 0 aromatic heterocycles. The Morgan fingerprint density at radius 1 is 1.17 bits per heavy atom. The number of hydrogen-bond donors (Lipinski definition) is 0. The Labute approximate surface area is 136 Å². The average molecular weight is 346 g/mol. The van der Waals surface area contributed by atoms with Crippen molar-refractivity contribution in [2.75, 3.05) is 0 Å². The van der Waals surface area contributed by atoms with E-state index in [2.05, 4.69) is 0 Å². The molecular weight excluding hydrogens is 328 g/mol. The van der Waals surface area contributed by atoms with Gasteiger partial charge in [-0.15, -0.1) is 0 Å². The second-order valence-electron chi connectivity index (χ2n) is 6.43. The van der Waals surface area contributed by atoms with E-state index in [1.54, 1.807) is 0 Å². The first-order valence-electron chi connectivity index (χ1n) is 7.86. The zero-order valence-corrected chi connectivity index (χ0v) is 13.4. The van der Waals surface area contributed by atoms with E-state index in [0.717, 1.165) is 37.8 Å². The second kappa shape index (κ2) is 6.46. The molecule has 6 heteroatoms. The number of carbonyl (C=O) groups is 1. The van der Waals surface area contributed by atoms with Gasteiger partial charge < -0.3 is 0 Å². The minimum absolute atomic E-state index is 0.0409. The molecule has 2 bridgehead atoms. The molecule has 0 saturated carbocycles. The summed E-state index contributed by atoms with van der Waals surface area (Å²) in [6.45, 7) is 0. The number of halogens is 4. The lowest BCUT2D eigenvalue weighted by Crippen LogP contribution is -2.33. The third-order valence-corrected chi connectivity index (χ3v) is 6.36. The van der Waals surface area contributed by atoms with Crippen molar-refractivity contribution in [1.82, 2.24) is 0 Å². The molecule has 126 valence electrons. The Bertz CT molecular complexity index is 587. The number of hydrogen-bond acceptors (Lipinski definition) is 2. The monoisotopic (exact) mass is 346 g/mol. The van der Waals surface area contributed by atoms with Gasteiger partial charge in [0.25, 0.3) is 0 Å². The lowest BCUT2D eigenvalue weighted by Gasteiger charge is -2.38. The summed E-state index contributed by atoms with van der Waals surface area (Å²) in [4.78, 5) is 12.4. The van der Waals surface area contributed by atoms with E-state index >= 15 is 0 Å². The van der Waals surface area contributed by atoms with Gasteiger partial charge in [-0.2, -0.15) is 24.9 Å². The Morgan fingerprint density at radius 2 is 1.83 bits per heavy atom. The summed E-state index contributed by atoms with van der Waals surface area (Å²) in [5.41, 5.74) is -0.957. The number of ketones is 1. The summed E-state index contributed by atoms with van der Waals surface area (Å²) >= 11 is 1.96. The first-order chi connectivity index (χ1) is 10.8. The molecule has 3 rings (SSSR count). The fourth-order valence-electron chi connectivity index (χ4n) is 3.52. The smallest absolute Gasteiger partial charge is 0.299 e. The molecule has 1 aromatic rings. The molecular formula is C17H18F4OS. The largest absolute Gasteiger partial charge is 0.416 e. The standard InChI is InChI=1S/C17H18F4OS/c18-15-9-12(17(19,20)21)5-4-10(15)8-16(22)11-6-13-2-1-3-14(7-11)23-13/h4-5,9,11,13-14H,1-3,6-8H2. The van der Waals surface area contributed by atoms with Gasteiger partial charge in [-0.25, -0.2) is 4.39 Å². The molecule has 0 spiro atoms. The molecule has 1 aromatic carbocycles. The second-order valence-corrected chi connectivity index (χ2v) is 8.03. The quantitative estimate of drug-likeness (QED) is 0.715. The van der Waals surface area contributed by atoms with Crippen LogP contribution in [-0.2, 0) is 17.4 Å². The normalized spacial score (nSPS) is 27.7. The molecule has 1 nitrogen and oxygen atoms in total. The average Bonchev–Trinajstić information content (AvgIpc) is 2.47. The number of benzene rings is 1. The van der Waals surface area contributed by atoms with E-state index in [1.807, 2.05) is 11.8 Å². The Hall–Kier alpha value is -1.04. The third-order valence-electron chi connectivity index (χ3n) is 4.73. The maximum absolute atomic E-state index is 13.9. The van der Waals surface area contributed by atoms with Crippen LogP contribution in [0, 0.1) is 11.7 Å². The summed E-state index contributed by atoms with van der Waals surface area (Å²) < 4.78 is 51.5. The van der Waals surface area contributed by atoms with E-state index in [4.69, 9.17) is 0 Å². The molecule has 2 unspecified atom stereocenters. The van der Waals surface area contributed by atoms with Crippen molar-refractivity contribution >= 4 is 17.5 Å². The van der Waals surface area contributed by atoms with E-state index in [9.17, 15) is 22.4 Å². The van der Waals surface area contributed by atoms with Crippen LogP contribution in [0.2, 0.25) is 0 Å². The summed E-state index contributed by atoms with van der Waals surface area (Å²) in [5, 5.41) is 1.02. The highest BCUT2D eigenvalue weighted by Gasteiger charge is 2.36. The van der Waals surface area contributed by atoms with Crippen LogP contribution < -0.4 is 0 Å². The van der Waals surface area contributed by atoms with Crippen molar-refractivity contribution in [2.45, 2.75) is 55.2 Å². The molecule has 0 N–H and O–H groups in total. The van der Waals surface area contributed by atoms with Crippen molar-refractivity contribution in [1.29, 1.82) is 0 Å². The van der Waals surface area contributed by atoms with Gasteiger partial charge in [0, 0.05) is 22.8 Å². The molecule has 2 aliphatic rings. The highest BCUT2D eigenvalue weighted by Crippen LogP contribution is 2.44. The molecule has 2 heterocycles. The molecule has 0 amide bonds. The molecule has 2 fully saturated rings. The highest BCUT2D eigenvalue weighted by atomic mass is 32.2. The summed E-state index contributed by atoms with van der Waals surface area (Å²) in [6.07, 6.45) is 0.417. The van der Waals surface area contributed by atoms with Gasteiger partial charge in [0.2, 0.25) is 0 Å². The first-order valence-corrected chi connectivity index (χ1v) is 8.81. The zero-order chi connectivity index (χ0) is 16.6. The van der Waals surface area contributed by atoms with Crippen molar-refractivity contribution in [3.8, 4) is 0 Å². The van der Waals surface area contributed by atoms with Gasteiger partial charge in [0.15, 0.2) is 0 Å². The van der Waals surface area contributed by atoms with Crippen molar-refractivity contribution < 1.29 is 22.4 Å². The summed E-state index contributed by atoms with van der Waals surface area (Å²) in [7, 11) is 0. The van der Waals surface area contributed by atoms with Crippen LogP contribution in [0.1, 0.15) is 43.2 Å². The Balaban J connectivity index is 1.68. The predicted octanol–water partition coefficient (Wildman–Crippen LogP) is 5.02. The molecule has 0 radical (unpaired) electrons. The topological polar surface area (TPSA) is 17.1 Å². The van der Waals surface area contributed by atoms with Gasteiger partial charge in [-0.05, 0) is 43.4 Å². The lowest BCUT2D eigenvalue weighted by atomic mass is 9.84. The van der Waals surface area contributed by atoms with Crippen molar-refractivity contribution in [3.05, 3.63) is 35.1 Å². The fraction of sp³-hybridized carbons (Fsp3) is 0.588. The maximum Gasteiger partial charge on any atom is 0.416 e. The zero-order valence-electron chi connectivity index (χ0n) is 12.5. The number of carbonyl (C=O) groups excluding carboxylic acids is 1. The molecule has 23 heavy (non-hydrogen) atoms. The summed E-state index contributed by atoms with van der Waals surface area (Å²) in [5.74, 6) is -1.06. The maximum atomic E-state index is 13.9. The van der Waals surface area contributed by atoms with Gasteiger partial charge >= 0.3 is 6.18 Å². The molecule has 2 atom stereocenters. The first kappa shape index (κ1) is 16.8. The van der Waals surface area contributed by atoms with Gasteiger partial charge in [-0.3, -0.25) is 4.79 Å². The molecule has 0 aliphatic carbocycles. The van der Waals surface area contributed by atoms with E-state index in [1.165, 1.54) is 6.42 Å². The van der Waals surface area contributed by atoms with Crippen LogP contribution in [-0.4, -0.2) is 16.3 Å². The number of Topliss-reactive ketones (excluding diaryl/α,β-unsaturated/α-hetero) is 1. The van der Waals surface area contributed by atoms with Crippen molar-refractivity contribution in [3.63, 3.8) is 0 Å². The molecule has 2 aliphatic heterocycles. The van der Waals surface area contributed by atoms with E-state index < -0.39 is 17.6 Å². The SMILES string of the molecule is O=C(Cc1ccc(C(F)(F)F)cc1F)C1CC2CCCC(C1)S2. The predicted molar refractivity (Wildman–Crippen MR) is 81.9 cm³/mol. The highest BCUT2D eigenvalue weighted by molar-refractivity contribution is 8.00. The third kappa shape index (κ3) is 3.90. The minimum Gasteiger partial charge on any atom is -0.299 e. The van der Waals surface area contributed by atoms with E-state index in [0.29, 0.717) is 16.6 Å². The summed E-state index contributed by atoms with van der Waals surface area (Å²) in [6, 6.07) is 2.42. The number of alkyl halides is 3.